The molecule has 1 aliphatic rings. The highest BCUT2D eigenvalue weighted by atomic mass is 32.2. The van der Waals surface area contributed by atoms with Crippen LogP contribution in [0.2, 0.25) is 0 Å². The largest absolute Gasteiger partial charge is 0.332 e. The summed E-state index contributed by atoms with van der Waals surface area (Å²) in [5.41, 5.74) is 7.02. The maximum Gasteiger partial charge on any atom is 0.0949 e. The lowest BCUT2D eigenvalue weighted by molar-refractivity contribution is 0.287. The van der Waals surface area contributed by atoms with Crippen molar-refractivity contribution in [1.29, 1.82) is 0 Å². The van der Waals surface area contributed by atoms with Gasteiger partial charge in [-0.05, 0) is 6.92 Å². The zero-order valence-corrected chi connectivity index (χ0v) is 10.6. The smallest absolute Gasteiger partial charge is 0.0949 e. The van der Waals surface area contributed by atoms with Gasteiger partial charge in [-0.1, -0.05) is 0 Å². The Labute approximate surface area is 101 Å². The number of imidazole rings is 1. The van der Waals surface area contributed by atoms with Crippen molar-refractivity contribution in [3.05, 3.63) is 18.2 Å². The normalized spacial score (nSPS) is 19.9. The molecule has 1 aromatic rings. The quantitative estimate of drug-likeness (QED) is 0.851. The number of nitrogens with zero attached hydrogens (tertiary/aromatic N) is 3. The van der Waals surface area contributed by atoms with E-state index < -0.39 is 0 Å². The van der Waals surface area contributed by atoms with E-state index >= 15 is 0 Å². The second kappa shape index (κ2) is 5.70. The van der Waals surface area contributed by atoms with Crippen molar-refractivity contribution in [3.63, 3.8) is 0 Å². The maximum absolute atomic E-state index is 5.89. The van der Waals surface area contributed by atoms with Crippen molar-refractivity contribution >= 4 is 11.8 Å². The molecule has 0 aliphatic carbocycles. The highest BCUT2D eigenvalue weighted by Gasteiger charge is 2.11. The maximum atomic E-state index is 5.89. The summed E-state index contributed by atoms with van der Waals surface area (Å²) >= 11 is 2.05. The number of nitrogens with two attached hydrogens (primary N) is 1. The van der Waals surface area contributed by atoms with E-state index in [2.05, 4.69) is 14.5 Å². The Kier molecular flexibility index (Phi) is 4.26. The summed E-state index contributed by atoms with van der Waals surface area (Å²) in [6.45, 7) is 6.54. The number of rotatable bonds is 4. The van der Waals surface area contributed by atoms with Crippen molar-refractivity contribution in [2.75, 3.05) is 31.1 Å². The number of hydrogen-bond acceptors (Lipinski definition) is 4. The molecule has 1 fully saturated rings. The van der Waals surface area contributed by atoms with Crippen LogP contribution in [0.3, 0.4) is 0 Å². The van der Waals surface area contributed by atoms with Gasteiger partial charge in [0.05, 0.1) is 12.0 Å². The van der Waals surface area contributed by atoms with Crippen LogP contribution in [0.15, 0.2) is 12.5 Å². The van der Waals surface area contributed by atoms with E-state index in [1.165, 1.54) is 24.6 Å². The van der Waals surface area contributed by atoms with Crippen LogP contribution < -0.4 is 5.73 Å². The molecule has 2 rings (SSSR count). The monoisotopic (exact) mass is 240 g/mol. The number of aromatic nitrogens is 2. The van der Waals surface area contributed by atoms with E-state index in [-0.39, 0.29) is 6.04 Å². The molecule has 1 aromatic heterocycles. The zero-order chi connectivity index (χ0) is 11.4. The van der Waals surface area contributed by atoms with Gasteiger partial charge in [0.1, 0.15) is 0 Å². The molecule has 0 radical (unpaired) electrons. The van der Waals surface area contributed by atoms with Gasteiger partial charge in [-0.2, -0.15) is 11.8 Å². The molecule has 0 bridgehead atoms. The minimum absolute atomic E-state index is 0.0689. The Morgan fingerprint density at radius 1 is 1.44 bits per heavy atom. The molecule has 0 unspecified atom stereocenters. The van der Waals surface area contributed by atoms with E-state index in [0.29, 0.717) is 0 Å². The van der Waals surface area contributed by atoms with Gasteiger partial charge in [0.25, 0.3) is 0 Å². The van der Waals surface area contributed by atoms with E-state index in [0.717, 1.165) is 18.8 Å². The Balaban J connectivity index is 1.86. The molecule has 2 N–H and O–H groups in total. The van der Waals surface area contributed by atoms with Crippen molar-refractivity contribution < 1.29 is 0 Å². The van der Waals surface area contributed by atoms with Crippen LogP contribution in [-0.2, 0) is 6.54 Å². The standard InChI is InChI=1S/C11H20N4S/c1-10(12)11-8-13-9-15(11)3-2-14-4-6-16-7-5-14/h8-10H,2-7,12H2,1H3/t10-/m0/s1. The summed E-state index contributed by atoms with van der Waals surface area (Å²) in [5.74, 6) is 2.54. The second-order valence-corrected chi connectivity index (χ2v) is 5.48. The SMILES string of the molecule is C[C@H](N)c1cncn1CCN1CCSCC1. The summed E-state index contributed by atoms with van der Waals surface area (Å²) < 4.78 is 2.17. The summed E-state index contributed by atoms with van der Waals surface area (Å²) in [7, 11) is 0. The van der Waals surface area contributed by atoms with Crippen LogP contribution >= 0.6 is 11.8 Å². The molecule has 4 nitrogen and oxygen atoms in total. The third kappa shape index (κ3) is 2.99. The molecule has 0 amide bonds. The van der Waals surface area contributed by atoms with Gasteiger partial charge in [-0.25, -0.2) is 4.98 Å². The summed E-state index contributed by atoms with van der Waals surface area (Å²) in [6.07, 6.45) is 3.76. The molecule has 5 heteroatoms. The van der Waals surface area contributed by atoms with Crippen LogP contribution in [0.5, 0.6) is 0 Å². The lowest BCUT2D eigenvalue weighted by Crippen LogP contribution is -2.35. The summed E-state index contributed by atoms with van der Waals surface area (Å²) in [5, 5.41) is 0. The lowest BCUT2D eigenvalue weighted by atomic mass is 10.3. The van der Waals surface area contributed by atoms with Crippen LogP contribution in [-0.4, -0.2) is 45.6 Å². The van der Waals surface area contributed by atoms with Gasteiger partial charge >= 0.3 is 0 Å². The zero-order valence-electron chi connectivity index (χ0n) is 9.80. The predicted octanol–water partition coefficient (Wildman–Crippen LogP) is 0.952. The van der Waals surface area contributed by atoms with E-state index in [1.807, 2.05) is 31.2 Å². The predicted molar refractivity (Wildman–Crippen MR) is 68.6 cm³/mol. The molecule has 90 valence electrons. The minimum Gasteiger partial charge on any atom is -0.332 e. The fraction of sp³-hybridized carbons (Fsp3) is 0.727. The summed E-state index contributed by atoms with van der Waals surface area (Å²) in [4.78, 5) is 6.68. The van der Waals surface area contributed by atoms with Gasteiger partial charge in [-0.3, -0.25) is 4.90 Å². The van der Waals surface area contributed by atoms with E-state index in [9.17, 15) is 0 Å². The molecular weight excluding hydrogens is 220 g/mol. The minimum atomic E-state index is 0.0689. The van der Waals surface area contributed by atoms with Crippen molar-refractivity contribution in [2.45, 2.75) is 19.5 Å². The highest BCUT2D eigenvalue weighted by Crippen LogP contribution is 2.11. The first kappa shape index (κ1) is 12.0. The van der Waals surface area contributed by atoms with Crippen molar-refractivity contribution in [1.82, 2.24) is 14.5 Å². The first-order valence-corrected chi connectivity index (χ1v) is 6.98. The first-order valence-electron chi connectivity index (χ1n) is 5.83. The van der Waals surface area contributed by atoms with Gasteiger partial charge in [0.2, 0.25) is 0 Å². The first-order chi connectivity index (χ1) is 7.77. The average molecular weight is 240 g/mol. The van der Waals surface area contributed by atoms with Crippen LogP contribution in [0.25, 0.3) is 0 Å². The molecule has 1 atom stereocenters. The molecular formula is C11H20N4S. The Bertz CT molecular complexity index is 318. The topological polar surface area (TPSA) is 47.1 Å². The third-order valence-corrected chi connectivity index (χ3v) is 3.91. The van der Waals surface area contributed by atoms with Crippen molar-refractivity contribution in [2.24, 2.45) is 5.73 Å². The molecule has 0 saturated carbocycles. The number of thioether (sulfide) groups is 1. The fourth-order valence-corrected chi connectivity index (χ4v) is 2.95. The van der Waals surface area contributed by atoms with Gasteiger partial charge in [-0.15, -0.1) is 0 Å². The third-order valence-electron chi connectivity index (χ3n) is 2.97. The molecule has 1 saturated heterocycles. The molecule has 1 aliphatic heterocycles. The van der Waals surface area contributed by atoms with Gasteiger partial charge in [0.15, 0.2) is 0 Å². The van der Waals surface area contributed by atoms with Crippen molar-refractivity contribution in [3.8, 4) is 0 Å². The van der Waals surface area contributed by atoms with Gasteiger partial charge in [0, 0.05) is 49.9 Å². The van der Waals surface area contributed by atoms with E-state index in [1.54, 1.807) is 0 Å². The van der Waals surface area contributed by atoms with Gasteiger partial charge < -0.3 is 10.3 Å². The highest BCUT2D eigenvalue weighted by molar-refractivity contribution is 7.99. The van der Waals surface area contributed by atoms with Crippen LogP contribution in [0, 0.1) is 0 Å². The Morgan fingerprint density at radius 3 is 2.88 bits per heavy atom. The van der Waals surface area contributed by atoms with E-state index in [4.69, 9.17) is 5.73 Å². The van der Waals surface area contributed by atoms with Crippen LogP contribution in [0.4, 0.5) is 0 Å². The molecule has 16 heavy (non-hydrogen) atoms. The van der Waals surface area contributed by atoms with Crippen LogP contribution in [0.1, 0.15) is 18.7 Å². The number of hydrogen-bond donors (Lipinski definition) is 1. The Morgan fingerprint density at radius 2 is 2.19 bits per heavy atom. The molecule has 0 spiro atoms. The summed E-state index contributed by atoms with van der Waals surface area (Å²) in [6, 6.07) is 0.0689. The Hall–Kier alpha value is -0.520. The fourth-order valence-electron chi connectivity index (χ4n) is 1.97. The second-order valence-electron chi connectivity index (χ2n) is 4.25. The molecule has 0 aromatic carbocycles. The molecule has 2 heterocycles. The average Bonchev–Trinajstić information content (AvgIpc) is 2.76. The lowest BCUT2D eigenvalue weighted by Gasteiger charge is -2.26.